The molecule has 2 amide bonds. The predicted octanol–water partition coefficient (Wildman–Crippen LogP) is 10.0. The fourth-order valence-corrected chi connectivity index (χ4v) is 6.14. The van der Waals surface area contributed by atoms with E-state index in [9.17, 15) is 19.2 Å². The van der Waals surface area contributed by atoms with Gasteiger partial charge in [-0.2, -0.15) is 0 Å². The lowest BCUT2D eigenvalue weighted by molar-refractivity contribution is -0.147. The number of rotatable bonds is 38. The Morgan fingerprint density at radius 3 is 1.60 bits per heavy atom. The summed E-state index contributed by atoms with van der Waals surface area (Å²) in [5, 5.41) is 22.5. The fraction of sp³-hybridized carbons (Fsp3) is 0.814. The summed E-state index contributed by atoms with van der Waals surface area (Å²) in [5.74, 6) is -2.42. The number of aliphatic hydroxyl groups is 1. The molecule has 0 bridgehead atoms. The van der Waals surface area contributed by atoms with Crippen molar-refractivity contribution >= 4 is 23.8 Å². The number of nitrogens with one attached hydrogen (secondary N) is 2. The summed E-state index contributed by atoms with van der Waals surface area (Å²) in [7, 11) is 0. The standard InChI is InChI=1S/C43H78N2O7/c1-3-5-7-9-11-12-13-14-15-16-17-18-19-20-21-22-23-25-31-35-42(49)52-38(32-28-24-10-8-6-4-2)33-29-26-27-30-34-40(47)44-36-41(48)45-39(37-46)43(50)51/h8,10,28,32,38-39,46H,3-7,9,11-27,29-31,33-37H2,1-2H3,(H,44,47)(H,45,48)(H,50,51)/b10-8-,32-28-. The number of allylic oxidation sites excluding steroid dienone is 3. The molecule has 0 aromatic rings. The van der Waals surface area contributed by atoms with E-state index in [1.807, 2.05) is 6.08 Å². The van der Waals surface area contributed by atoms with Crippen LogP contribution >= 0.6 is 0 Å². The number of unbranched alkanes of at least 4 members (excludes halogenated alkanes) is 22. The molecule has 0 aliphatic carbocycles. The van der Waals surface area contributed by atoms with E-state index in [0.717, 1.165) is 57.8 Å². The zero-order chi connectivity index (χ0) is 38.3. The maximum Gasteiger partial charge on any atom is 0.328 e. The van der Waals surface area contributed by atoms with Crippen molar-refractivity contribution in [2.45, 2.75) is 212 Å². The Balaban J connectivity index is 4.07. The quantitative estimate of drug-likeness (QED) is 0.0281. The van der Waals surface area contributed by atoms with Crippen LogP contribution in [0.25, 0.3) is 0 Å². The summed E-state index contributed by atoms with van der Waals surface area (Å²) in [6.07, 6.45) is 41.1. The molecular formula is C43H78N2O7. The van der Waals surface area contributed by atoms with E-state index >= 15 is 0 Å². The molecule has 0 aromatic heterocycles. The summed E-state index contributed by atoms with van der Waals surface area (Å²) in [6.45, 7) is 3.37. The lowest BCUT2D eigenvalue weighted by Crippen LogP contribution is -2.47. The Kier molecular flexibility index (Phi) is 36.1. The lowest BCUT2D eigenvalue weighted by Gasteiger charge is -2.15. The van der Waals surface area contributed by atoms with E-state index in [-0.39, 0.29) is 30.9 Å². The summed E-state index contributed by atoms with van der Waals surface area (Å²) in [5.41, 5.74) is 0. The van der Waals surface area contributed by atoms with Gasteiger partial charge in [0.25, 0.3) is 0 Å². The first-order valence-corrected chi connectivity index (χ1v) is 21.2. The number of ether oxygens (including phenoxy) is 1. The predicted molar refractivity (Wildman–Crippen MR) is 213 cm³/mol. The van der Waals surface area contributed by atoms with Crippen molar-refractivity contribution in [1.29, 1.82) is 0 Å². The number of carboxylic acid groups (broad SMARTS) is 1. The average molecular weight is 735 g/mol. The van der Waals surface area contributed by atoms with Gasteiger partial charge in [-0.25, -0.2) is 4.79 Å². The number of amides is 2. The van der Waals surface area contributed by atoms with Crippen LogP contribution in [0.2, 0.25) is 0 Å². The highest BCUT2D eigenvalue weighted by molar-refractivity contribution is 5.87. The summed E-state index contributed by atoms with van der Waals surface area (Å²) < 4.78 is 5.86. The zero-order valence-electron chi connectivity index (χ0n) is 33.3. The molecule has 2 unspecified atom stereocenters. The van der Waals surface area contributed by atoms with Crippen molar-refractivity contribution in [1.82, 2.24) is 10.6 Å². The first kappa shape index (κ1) is 49.3. The largest absolute Gasteiger partial charge is 0.480 e. The van der Waals surface area contributed by atoms with Crippen molar-refractivity contribution in [2.75, 3.05) is 13.2 Å². The van der Waals surface area contributed by atoms with Crippen LogP contribution in [0.1, 0.15) is 200 Å². The topological polar surface area (TPSA) is 142 Å². The van der Waals surface area contributed by atoms with E-state index in [4.69, 9.17) is 14.9 Å². The minimum Gasteiger partial charge on any atom is -0.480 e. The second kappa shape index (κ2) is 38.1. The van der Waals surface area contributed by atoms with Crippen LogP contribution in [0.5, 0.6) is 0 Å². The summed E-state index contributed by atoms with van der Waals surface area (Å²) in [4.78, 5) is 47.4. The van der Waals surface area contributed by atoms with Gasteiger partial charge in [0, 0.05) is 12.8 Å². The van der Waals surface area contributed by atoms with Crippen LogP contribution < -0.4 is 10.6 Å². The number of aliphatic hydroxyl groups excluding tert-OH is 1. The molecule has 4 N–H and O–H groups in total. The van der Waals surface area contributed by atoms with Crippen LogP contribution in [0, 0.1) is 0 Å². The van der Waals surface area contributed by atoms with Crippen molar-refractivity contribution in [3.8, 4) is 0 Å². The average Bonchev–Trinajstić information content (AvgIpc) is 3.13. The highest BCUT2D eigenvalue weighted by atomic mass is 16.5. The smallest absolute Gasteiger partial charge is 0.328 e. The molecule has 0 heterocycles. The van der Waals surface area contributed by atoms with E-state index < -0.39 is 24.5 Å². The van der Waals surface area contributed by atoms with Crippen molar-refractivity contribution in [3.05, 3.63) is 24.3 Å². The molecule has 302 valence electrons. The number of hydrogen-bond acceptors (Lipinski definition) is 6. The number of aliphatic carboxylic acids is 1. The molecule has 9 heteroatoms. The molecule has 9 nitrogen and oxygen atoms in total. The number of carboxylic acids is 1. The number of carbonyl (C=O) groups excluding carboxylic acids is 3. The third-order valence-corrected chi connectivity index (χ3v) is 9.42. The third kappa shape index (κ3) is 34.4. The maximum atomic E-state index is 12.7. The summed E-state index contributed by atoms with van der Waals surface area (Å²) >= 11 is 0. The molecule has 0 aliphatic heterocycles. The van der Waals surface area contributed by atoms with Gasteiger partial charge < -0.3 is 25.6 Å². The highest BCUT2D eigenvalue weighted by Gasteiger charge is 2.18. The van der Waals surface area contributed by atoms with Crippen LogP contribution in [-0.4, -0.2) is 59.3 Å². The summed E-state index contributed by atoms with van der Waals surface area (Å²) in [6, 6.07) is -1.39. The SMILES string of the molecule is CCC/C=C\C/C=C\C(CCCCCCC(=O)NCC(=O)NC(CO)C(=O)O)OC(=O)CCCCCCCCCCCCCCCCCCCCC. The van der Waals surface area contributed by atoms with Gasteiger partial charge >= 0.3 is 11.9 Å². The van der Waals surface area contributed by atoms with Crippen LogP contribution in [0.15, 0.2) is 24.3 Å². The van der Waals surface area contributed by atoms with Gasteiger partial charge in [-0.3, -0.25) is 14.4 Å². The minimum atomic E-state index is -1.39. The Morgan fingerprint density at radius 2 is 1.10 bits per heavy atom. The van der Waals surface area contributed by atoms with Gasteiger partial charge in [-0.15, -0.1) is 0 Å². The van der Waals surface area contributed by atoms with Crippen molar-refractivity contribution in [2.24, 2.45) is 0 Å². The Morgan fingerprint density at radius 1 is 0.596 bits per heavy atom. The second-order valence-electron chi connectivity index (χ2n) is 14.4. The van der Waals surface area contributed by atoms with E-state index in [2.05, 4.69) is 42.7 Å². The van der Waals surface area contributed by atoms with Crippen molar-refractivity contribution in [3.63, 3.8) is 0 Å². The van der Waals surface area contributed by atoms with Crippen LogP contribution in [-0.2, 0) is 23.9 Å². The van der Waals surface area contributed by atoms with Crippen molar-refractivity contribution < 1.29 is 34.1 Å². The van der Waals surface area contributed by atoms with Gasteiger partial charge in [-0.1, -0.05) is 167 Å². The molecular weight excluding hydrogens is 656 g/mol. The second-order valence-corrected chi connectivity index (χ2v) is 14.4. The zero-order valence-corrected chi connectivity index (χ0v) is 33.3. The molecule has 0 fully saturated rings. The molecule has 0 spiro atoms. The van der Waals surface area contributed by atoms with E-state index in [1.54, 1.807) is 0 Å². The van der Waals surface area contributed by atoms with Gasteiger partial charge in [0.05, 0.1) is 13.2 Å². The molecule has 0 aromatic carbocycles. The first-order chi connectivity index (χ1) is 25.3. The van der Waals surface area contributed by atoms with Gasteiger partial charge in [0.15, 0.2) is 0 Å². The fourth-order valence-electron chi connectivity index (χ4n) is 6.14. The molecule has 0 aliphatic rings. The van der Waals surface area contributed by atoms with Gasteiger partial charge in [0.2, 0.25) is 11.8 Å². The van der Waals surface area contributed by atoms with Gasteiger partial charge in [0.1, 0.15) is 12.1 Å². The molecule has 0 saturated carbocycles. The maximum absolute atomic E-state index is 12.7. The molecule has 0 saturated heterocycles. The molecule has 2 atom stereocenters. The third-order valence-electron chi connectivity index (χ3n) is 9.42. The Labute approximate surface area is 317 Å². The van der Waals surface area contributed by atoms with E-state index in [1.165, 1.54) is 109 Å². The molecule has 0 rings (SSSR count). The monoisotopic (exact) mass is 735 g/mol. The number of esters is 1. The highest BCUT2D eigenvalue weighted by Crippen LogP contribution is 2.16. The Hall–Kier alpha value is -2.68. The van der Waals surface area contributed by atoms with Crippen LogP contribution in [0.3, 0.4) is 0 Å². The number of hydrogen-bond donors (Lipinski definition) is 4. The Bertz CT molecular complexity index is 936. The number of carbonyl (C=O) groups is 4. The van der Waals surface area contributed by atoms with Crippen LogP contribution in [0.4, 0.5) is 0 Å². The molecule has 0 radical (unpaired) electrons. The minimum absolute atomic E-state index is 0.127. The van der Waals surface area contributed by atoms with Gasteiger partial charge in [-0.05, 0) is 44.6 Å². The lowest BCUT2D eigenvalue weighted by atomic mass is 10.0. The van der Waals surface area contributed by atoms with E-state index in [0.29, 0.717) is 12.8 Å². The molecule has 52 heavy (non-hydrogen) atoms. The first-order valence-electron chi connectivity index (χ1n) is 21.2. The normalized spacial score (nSPS) is 12.7.